The summed E-state index contributed by atoms with van der Waals surface area (Å²) >= 11 is 5.97. The van der Waals surface area contributed by atoms with E-state index in [9.17, 15) is 4.79 Å². The highest BCUT2D eigenvalue weighted by Crippen LogP contribution is 2.24. The number of halogens is 1. The summed E-state index contributed by atoms with van der Waals surface area (Å²) in [6.07, 6.45) is 1.75. The van der Waals surface area contributed by atoms with E-state index in [1.807, 2.05) is 36.4 Å². The average molecular weight is 298 g/mol. The van der Waals surface area contributed by atoms with Gasteiger partial charge in [-0.2, -0.15) is 0 Å². The Morgan fingerprint density at radius 3 is 2.48 bits per heavy atom. The van der Waals surface area contributed by atoms with Crippen LogP contribution in [0.3, 0.4) is 0 Å². The lowest BCUT2D eigenvalue weighted by atomic mass is 9.98. The lowest BCUT2D eigenvalue weighted by Crippen LogP contribution is -2.00. The zero-order valence-electron chi connectivity index (χ0n) is 12.0. The highest BCUT2D eigenvalue weighted by Gasteiger charge is 2.14. The Bertz CT molecular complexity index is 800. The Kier molecular flexibility index (Phi) is 3.56. The molecule has 1 heterocycles. The van der Waals surface area contributed by atoms with Gasteiger partial charge in [-0.3, -0.25) is 4.79 Å². The Labute approximate surface area is 128 Å². The molecule has 0 saturated carbocycles. The summed E-state index contributed by atoms with van der Waals surface area (Å²) in [7, 11) is 0. The lowest BCUT2D eigenvalue weighted by molar-refractivity contribution is 0.104. The minimum Gasteiger partial charge on any atom is -0.360 e. The van der Waals surface area contributed by atoms with E-state index in [0.29, 0.717) is 22.1 Å². The Morgan fingerprint density at radius 1 is 1.10 bits per heavy atom. The average Bonchev–Trinajstić information content (AvgIpc) is 2.89. The summed E-state index contributed by atoms with van der Waals surface area (Å²) < 4.78 is 0. The summed E-state index contributed by atoms with van der Waals surface area (Å²) in [4.78, 5) is 15.7. The molecule has 2 nitrogen and oxygen atoms in total. The molecule has 2 aromatic carbocycles. The third-order valence-electron chi connectivity index (χ3n) is 3.73. The van der Waals surface area contributed by atoms with Crippen molar-refractivity contribution in [2.75, 3.05) is 0 Å². The van der Waals surface area contributed by atoms with Gasteiger partial charge >= 0.3 is 0 Å². The number of ketones is 1. The summed E-state index contributed by atoms with van der Waals surface area (Å²) in [6, 6.07) is 13.3. The molecule has 0 saturated heterocycles. The van der Waals surface area contributed by atoms with Crippen LogP contribution in [0.5, 0.6) is 0 Å². The van der Waals surface area contributed by atoms with E-state index in [2.05, 4.69) is 18.8 Å². The smallest absolute Gasteiger partial charge is 0.195 e. The molecular formula is C18H16ClNO. The van der Waals surface area contributed by atoms with Crippen molar-refractivity contribution < 1.29 is 4.79 Å². The normalized spacial score (nSPS) is 11.2. The Morgan fingerprint density at radius 2 is 1.81 bits per heavy atom. The van der Waals surface area contributed by atoms with Crippen LogP contribution in [0.2, 0.25) is 5.02 Å². The van der Waals surface area contributed by atoms with Gasteiger partial charge in [-0.1, -0.05) is 55.8 Å². The van der Waals surface area contributed by atoms with Crippen molar-refractivity contribution in [3.63, 3.8) is 0 Å². The molecule has 0 aliphatic rings. The predicted molar refractivity (Wildman–Crippen MR) is 87.3 cm³/mol. The number of aromatic amines is 1. The topological polar surface area (TPSA) is 32.9 Å². The number of hydrogen-bond donors (Lipinski definition) is 1. The SMILES string of the molecule is CC(C)c1ccc(C(=O)c2c[nH]c3cc(Cl)ccc23)cc1. The van der Waals surface area contributed by atoms with Crippen LogP contribution in [-0.4, -0.2) is 10.8 Å². The van der Waals surface area contributed by atoms with E-state index in [1.165, 1.54) is 5.56 Å². The number of carbonyl (C=O) groups is 1. The molecule has 0 spiro atoms. The van der Waals surface area contributed by atoms with Crippen molar-refractivity contribution in [1.29, 1.82) is 0 Å². The molecule has 21 heavy (non-hydrogen) atoms. The van der Waals surface area contributed by atoms with Gasteiger partial charge in [0.15, 0.2) is 5.78 Å². The van der Waals surface area contributed by atoms with E-state index in [4.69, 9.17) is 11.6 Å². The molecule has 0 bridgehead atoms. The molecule has 1 aromatic heterocycles. The molecule has 3 heteroatoms. The van der Waals surface area contributed by atoms with Crippen LogP contribution in [-0.2, 0) is 0 Å². The summed E-state index contributed by atoms with van der Waals surface area (Å²) in [5.41, 5.74) is 3.50. The monoisotopic (exact) mass is 297 g/mol. The molecule has 3 rings (SSSR count). The molecule has 0 amide bonds. The first-order valence-electron chi connectivity index (χ1n) is 6.97. The first kappa shape index (κ1) is 13.9. The van der Waals surface area contributed by atoms with Gasteiger partial charge in [-0.15, -0.1) is 0 Å². The number of nitrogens with one attached hydrogen (secondary N) is 1. The molecule has 0 atom stereocenters. The number of benzene rings is 2. The number of aromatic nitrogens is 1. The van der Waals surface area contributed by atoms with Crippen molar-refractivity contribution >= 4 is 28.3 Å². The van der Waals surface area contributed by atoms with Gasteiger partial charge in [0.2, 0.25) is 0 Å². The fraction of sp³-hybridized carbons (Fsp3) is 0.167. The van der Waals surface area contributed by atoms with Gasteiger partial charge in [0, 0.05) is 33.2 Å². The maximum Gasteiger partial charge on any atom is 0.195 e. The number of rotatable bonds is 3. The molecule has 3 aromatic rings. The lowest BCUT2D eigenvalue weighted by Gasteiger charge is -2.06. The second-order valence-electron chi connectivity index (χ2n) is 5.50. The van der Waals surface area contributed by atoms with E-state index in [0.717, 1.165) is 10.9 Å². The Balaban J connectivity index is 2.00. The molecule has 0 aliphatic carbocycles. The molecule has 0 radical (unpaired) electrons. The van der Waals surface area contributed by atoms with E-state index < -0.39 is 0 Å². The Hall–Kier alpha value is -2.06. The van der Waals surface area contributed by atoms with Gasteiger partial charge in [0.05, 0.1) is 0 Å². The quantitative estimate of drug-likeness (QED) is 0.664. The largest absolute Gasteiger partial charge is 0.360 e. The number of carbonyl (C=O) groups excluding carboxylic acids is 1. The maximum absolute atomic E-state index is 12.6. The minimum atomic E-state index is 0.0267. The van der Waals surface area contributed by atoms with Crippen LogP contribution in [0, 0.1) is 0 Å². The van der Waals surface area contributed by atoms with Crippen LogP contribution in [0.25, 0.3) is 10.9 Å². The van der Waals surface area contributed by atoms with Gasteiger partial charge in [0.1, 0.15) is 0 Å². The van der Waals surface area contributed by atoms with Crippen molar-refractivity contribution in [3.8, 4) is 0 Å². The van der Waals surface area contributed by atoms with Crippen molar-refractivity contribution in [1.82, 2.24) is 4.98 Å². The molecular weight excluding hydrogens is 282 g/mol. The fourth-order valence-electron chi connectivity index (χ4n) is 2.46. The van der Waals surface area contributed by atoms with Crippen LogP contribution in [0.15, 0.2) is 48.7 Å². The molecule has 1 N–H and O–H groups in total. The molecule has 106 valence electrons. The van der Waals surface area contributed by atoms with Gasteiger partial charge in [0.25, 0.3) is 0 Å². The van der Waals surface area contributed by atoms with Gasteiger partial charge in [-0.25, -0.2) is 0 Å². The third kappa shape index (κ3) is 2.59. The van der Waals surface area contributed by atoms with Gasteiger partial charge < -0.3 is 4.98 Å². The first-order chi connectivity index (χ1) is 10.1. The second-order valence-corrected chi connectivity index (χ2v) is 5.93. The molecule has 0 fully saturated rings. The number of hydrogen-bond acceptors (Lipinski definition) is 1. The highest BCUT2D eigenvalue weighted by atomic mass is 35.5. The standard InChI is InChI=1S/C18H16ClNO/c1-11(2)12-3-5-13(6-4-12)18(21)16-10-20-17-9-14(19)7-8-15(16)17/h3-11,20H,1-2H3. The minimum absolute atomic E-state index is 0.0267. The van der Waals surface area contributed by atoms with E-state index >= 15 is 0 Å². The maximum atomic E-state index is 12.6. The zero-order chi connectivity index (χ0) is 15.0. The van der Waals surface area contributed by atoms with Gasteiger partial charge in [-0.05, 0) is 23.6 Å². The van der Waals surface area contributed by atoms with Crippen LogP contribution < -0.4 is 0 Å². The fourth-order valence-corrected chi connectivity index (χ4v) is 2.63. The third-order valence-corrected chi connectivity index (χ3v) is 3.96. The predicted octanol–water partition coefficient (Wildman–Crippen LogP) is 5.18. The first-order valence-corrected chi connectivity index (χ1v) is 7.35. The summed E-state index contributed by atoms with van der Waals surface area (Å²) in [6.45, 7) is 4.28. The number of fused-ring (bicyclic) bond motifs is 1. The molecule has 0 aliphatic heterocycles. The van der Waals surface area contributed by atoms with E-state index in [1.54, 1.807) is 12.3 Å². The second kappa shape index (κ2) is 5.38. The van der Waals surface area contributed by atoms with Crippen molar-refractivity contribution in [2.45, 2.75) is 19.8 Å². The highest BCUT2D eigenvalue weighted by molar-refractivity contribution is 6.31. The zero-order valence-corrected chi connectivity index (χ0v) is 12.7. The van der Waals surface area contributed by atoms with Crippen LogP contribution in [0.4, 0.5) is 0 Å². The van der Waals surface area contributed by atoms with E-state index in [-0.39, 0.29) is 5.78 Å². The van der Waals surface area contributed by atoms with Crippen LogP contribution >= 0.6 is 11.6 Å². The van der Waals surface area contributed by atoms with Crippen molar-refractivity contribution in [3.05, 3.63) is 70.4 Å². The molecule has 0 unspecified atom stereocenters. The van der Waals surface area contributed by atoms with Crippen LogP contribution in [0.1, 0.15) is 41.3 Å². The summed E-state index contributed by atoms with van der Waals surface area (Å²) in [5, 5.41) is 1.56. The summed E-state index contributed by atoms with van der Waals surface area (Å²) in [5.74, 6) is 0.489. The van der Waals surface area contributed by atoms with Crippen molar-refractivity contribution in [2.24, 2.45) is 0 Å². The number of H-pyrrole nitrogens is 1.